The number of anilines is 1. The molecular weight excluding hydrogens is 310 g/mol. The maximum Gasteiger partial charge on any atom is 0.270 e. The van der Waals surface area contributed by atoms with Crippen LogP contribution in [0.15, 0.2) is 35.8 Å². The highest BCUT2D eigenvalue weighted by Gasteiger charge is 2.16. The summed E-state index contributed by atoms with van der Waals surface area (Å²) in [6.07, 6.45) is 2.54. The Kier molecular flexibility index (Phi) is 5.25. The SMILES string of the molecule is C[C@@H](Cc1cccs1)NC(=O)c1cc(N2CCOCC2)ccn1. The first kappa shape index (κ1) is 16.0. The molecule has 0 radical (unpaired) electrons. The van der Waals surface area contributed by atoms with Crippen LogP contribution >= 0.6 is 11.3 Å². The van der Waals surface area contributed by atoms with E-state index in [-0.39, 0.29) is 11.9 Å². The molecule has 2 aromatic rings. The first-order valence-electron chi connectivity index (χ1n) is 7.84. The van der Waals surface area contributed by atoms with Crippen molar-refractivity contribution in [3.05, 3.63) is 46.4 Å². The van der Waals surface area contributed by atoms with Crippen molar-refractivity contribution in [2.75, 3.05) is 31.2 Å². The van der Waals surface area contributed by atoms with Gasteiger partial charge in [0, 0.05) is 42.3 Å². The normalized spacial score (nSPS) is 16.1. The highest BCUT2D eigenvalue weighted by Crippen LogP contribution is 2.16. The molecule has 3 heterocycles. The van der Waals surface area contributed by atoms with Crippen LogP contribution in [0, 0.1) is 0 Å². The quantitative estimate of drug-likeness (QED) is 0.914. The van der Waals surface area contributed by atoms with Crippen LogP contribution in [0.25, 0.3) is 0 Å². The van der Waals surface area contributed by atoms with Gasteiger partial charge in [-0.3, -0.25) is 9.78 Å². The number of pyridine rings is 1. The summed E-state index contributed by atoms with van der Waals surface area (Å²) in [6, 6.07) is 8.00. The third kappa shape index (κ3) is 4.30. The summed E-state index contributed by atoms with van der Waals surface area (Å²) in [5.41, 5.74) is 1.49. The van der Waals surface area contributed by atoms with Crippen LogP contribution in [-0.2, 0) is 11.2 Å². The predicted molar refractivity (Wildman–Crippen MR) is 92.2 cm³/mol. The van der Waals surface area contributed by atoms with Crippen LogP contribution in [0.5, 0.6) is 0 Å². The average molecular weight is 331 g/mol. The van der Waals surface area contributed by atoms with Gasteiger partial charge in [-0.2, -0.15) is 0 Å². The first-order valence-corrected chi connectivity index (χ1v) is 8.72. The number of ether oxygens (including phenoxy) is 1. The number of nitrogens with one attached hydrogen (secondary N) is 1. The van der Waals surface area contributed by atoms with Crippen molar-refractivity contribution in [1.29, 1.82) is 0 Å². The van der Waals surface area contributed by atoms with E-state index < -0.39 is 0 Å². The van der Waals surface area contributed by atoms with Crippen LogP contribution in [0.1, 0.15) is 22.3 Å². The fraction of sp³-hybridized carbons (Fsp3) is 0.412. The zero-order valence-electron chi connectivity index (χ0n) is 13.2. The standard InChI is InChI=1S/C17H21N3O2S/c1-13(11-15-3-2-10-23-15)19-17(21)16-12-14(4-5-18-16)20-6-8-22-9-7-20/h2-5,10,12-13H,6-9,11H2,1H3,(H,19,21)/t13-/m0/s1. The Hall–Kier alpha value is -1.92. The number of hydrogen-bond acceptors (Lipinski definition) is 5. The van der Waals surface area contributed by atoms with E-state index in [4.69, 9.17) is 4.74 Å². The smallest absolute Gasteiger partial charge is 0.270 e. The van der Waals surface area contributed by atoms with Gasteiger partial charge < -0.3 is 15.0 Å². The molecule has 5 nitrogen and oxygen atoms in total. The zero-order chi connectivity index (χ0) is 16.1. The molecule has 1 amide bonds. The molecule has 0 aromatic carbocycles. The van der Waals surface area contributed by atoms with Gasteiger partial charge in [0.25, 0.3) is 5.91 Å². The molecular formula is C17H21N3O2S. The van der Waals surface area contributed by atoms with Crippen molar-refractivity contribution >= 4 is 22.9 Å². The molecule has 23 heavy (non-hydrogen) atoms. The molecule has 1 aliphatic rings. The molecule has 0 unspecified atom stereocenters. The summed E-state index contributed by atoms with van der Waals surface area (Å²) in [4.78, 5) is 20.1. The fourth-order valence-electron chi connectivity index (χ4n) is 2.64. The number of amides is 1. The molecule has 1 atom stereocenters. The van der Waals surface area contributed by atoms with Crippen LogP contribution < -0.4 is 10.2 Å². The summed E-state index contributed by atoms with van der Waals surface area (Å²) >= 11 is 1.71. The van der Waals surface area contributed by atoms with E-state index in [1.165, 1.54) is 4.88 Å². The molecule has 3 rings (SSSR count). The Balaban J connectivity index is 1.62. The summed E-state index contributed by atoms with van der Waals surface area (Å²) < 4.78 is 5.37. The van der Waals surface area contributed by atoms with E-state index in [1.54, 1.807) is 17.5 Å². The number of thiophene rings is 1. The lowest BCUT2D eigenvalue weighted by Crippen LogP contribution is -2.37. The van der Waals surface area contributed by atoms with Gasteiger partial charge in [0.2, 0.25) is 0 Å². The van der Waals surface area contributed by atoms with Gasteiger partial charge in [0.05, 0.1) is 13.2 Å². The van der Waals surface area contributed by atoms with Crippen molar-refractivity contribution in [3.63, 3.8) is 0 Å². The predicted octanol–water partition coefficient (Wildman–Crippen LogP) is 2.34. The minimum Gasteiger partial charge on any atom is -0.378 e. The number of carbonyl (C=O) groups excluding carboxylic acids is 1. The molecule has 0 bridgehead atoms. The molecule has 6 heteroatoms. The van der Waals surface area contributed by atoms with E-state index in [9.17, 15) is 4.79 Å². The van der Waals surface area contributed by atoms with Crippen LogP contribution in [0.2, 0.25) is 0 Å². The van der Waals surface area contributed by atoms with Crippen LogP contribution in [0.3, 0.4) is 0 Å². The van der Waals surface area contributed by atoms with Crippen molar-refractivity contribution in [3.8, 4) is 0 Å². The second kappa shape index (κ2) is 7.57. The molecule has 0 spiro atoms. The van der Waals surface area contributed by atoms with Gasteiger partial charge in [-0.05, 0) is 30.5 Å². The van der Waals surface area contributed by atoms with Gasteiger partial charge in [-0.1, -0.05) is 6.07 Å². The largest absolute Gasteiger partial charge is 0.378 e. The maximum atomic E-state index is 12.4. The molecule has 0 aliphatic carbocycles. The molecule has 122 valence electrons. The molecule has 1 saturated heterocycles. The topological polar surface area (TPSA) is 54.5 Å². The number of morpholine rings is 1. The maximum absolute atomic E-state index is 12.4. The third-order valence-electron chi connectivity index (χ3n) is 3.82. The average Bonchev–Trinajstić information content (AvgIpc) is 3.08. The number of carbonyl (C=O) groups is 1. The molecule has 2 aromatic heterocycles. The van der Waals surface area contributed by atoms with Gasteiger partial charge in [0.15, 0.2) is 0 Å². The van der Waals surface area contributed by atoms with Crippen molar-refractivity contribution in [2.45, 2.75) is 19.4 Å². The Bertz CT molecular complexity index is 639. The van der Waals surface area contributed by atoms with Crippen molar-refractivity contribution in [1.82, 2.24) is 10.3 Å². The minimum atomic E-state index is -0.121. The number of aromatic nitrogens is 1. The van der Waals surface area contributed by atoms with E-state index in [2.05, 4.69) is 26.6 Å². The lowest BCUT2D eigenvalue weighted by atomic mass is 10.2. The Morgan fingerprint density at radius 3 is 3.00 bits per heavy atom. The highest BCUT2D eigenvalue weighted by atomic mass is 32.1. The number of hydrogen-bond donors (Lipinski definition) is 1. The van der Waals surface area contributed by atoms with Crippen molar-refractivity contribution in [2.24, 2.45) is 0 Å². The molecule has 1 N–H and O–H groups in total. The lowest BCUT2D eigenvalue weighted by molar-refractivity contribution is 0.0935. The summed E-state index contributed by atoms with van der Waals surface area (Å²) in [5.74, 6) is -0.121. The highest BCUT2D eigenvalue weighted by molar-refractivity contribution is 7.09. The summed E-state index contributed by atoms with van der Waals surface area (Å²) in [5, 5.41) is 5.08. The van der Waals surface area contributed by atoms with Crippen molar-refractivity contribution < 1.29 is 9.53 Å². The Morgan fingerprint density at radius 2 is 2.26 bits per heavy atom. The monoisotopic (exact) mass is 331 g/mol. The molecule has 1 fully saturated rings. The van der Waals surface area contributed by atoms with E-state index in [1.807, 2.05) is 25.1 Å². The molecule has 1 aliphatic heterocycles. The van der Waals surface area contributed by atoms with Gasteiger partial charge in [0.1, 0.15) is 5.69 Å². The van der Waals surface area contributed by atoms with Crippen LogP contribution in [0.4, 0.5) is 5.69 Å². The van der Waals surface area contributed by atoms with E-state index in [0.717, 1.165) is 38.4 Å². The Labute approximate surface area is 140 Å². The van der Waals surface area contributed by atoms with Gasteiger partial charge in [-0.15, -0.1) is 11.3 Å². The van der Waals surface area contributed by atoms with Crippen LogP contribution in [-0.4, -0.2) is 43.2 Å². The van der Waals surface area contributed by atoms with E-state index in [0.29, 0.717) is 5.69 Å². The summed E-state index contributed by atoms with van der Waals surface area (Å²) in [6.45, 7) is 5.16. The van der Waals surface area contributed by atoms with Gasteiger partial charge in [-0.25, -0.2) is 0 Å². The van der Waals surface area contributed by atoms with Gasteiger partial charge >= 0.3 is 0 Å². The lowest BCUT2D eigenvalue weighted by Gasteiger charge is -2.28. The first-order chi connectivity index (χ1) is 11.2. The number of nitrogens with zero attached hydrogens (tertiary/aromatic N) is 2. The van der Waals surface area contributed by atoms with E-state index >= 15 is 0 Å². The third-order valence-corrected chi connectivity index (χ3v) is 4.72. The Morgan fingerprint density at radius 1 is 1.43 bits per heavy atom. The fourth-order valence-corrected chi connectivity index (χ4v) is 3.48. The zero-order valence-corrected chi connectivity index (χ0v) is 14.0. The number of rotatable bonds is 5. The second-order valence-corrected chi connectivity index (χ2v) is 6.69. The second-order valence-electron chi connectivity index (χ2n) is 5.66. The summed E-state index contributed by atoms with van der Waals surface area (Å²) in [7, 11) is 0. The minimum absolute atomic E-state index is 0.0787. The molecule has 0 saturated carbocycles.